The first-order chi connectivity index (χ1) is 12.5. The second-order valence-corrected chi connectivity index (χ2v) is 5.94. The van der Waals surface area contributed by atoms with Gasteiger partial charge in [0.1, 0.15) is 11.6 Å². The standard InChI is InChI=1S/C20H18N2O4/c1-13(23)14-9-11-15(12-10-14)26-19(24)8-4-7-18-21-17-6-3-2-5-16(17)20(25)22-18/h2-3,5-6,9-12H,4,7-8H2,1H3,(H,21,22,25). The number of aromatic nitrogens is 2. The molecule has 0 atom stereocenters. The molecule has 0 fully saturated rings. The van der Waals surface area contributed by atoms with Gasteiger partial charge in [-0.2, -0.15) is 0 Å². The third-order valence-electron chi connectivity index (χ3n) is 3.95. The van der Waals surface area contributed by atoms with Gasteiger partial charge in [0.15, 0.2) is 5.78 Å². The van der Waals surface area contributed by atoms with E-state index in [9.17, 15) is 14.4 Å². The quantitative estimate of drug-likeness (QED) is 0.419. The highest BCUT2D eigenvalue weighted by atomic mass is 16.5. The van der Waals surface area contributed by atoms with Crippen molar-refractivity contribution >= 4 is 22.7 Å². The lowest BCUT2D eigenvalue weighted by molar-refractivity contribution is -0.134. The van der Waals surface area contributed by atoms with E-state index in [1.54, 1.807) is 42.5 Å². The minimum atomic E-state index is -0.372. The molecule has 1 aromatic heterocycles. The predicted octanol–water partition coefficient (Wildman–Crippen LogP) is 3.05. The van der Waals surface area contributed by atoms with Crippen LogP contribution in [0.15, 0.2) is 53.3 Å². The number of aryl methyl sites for hydroxylation is 1. The fourth-order valence-electron chi connectivity index (χ4n) is 2.59. The molecular weight excluding hydrogens is 332 g/mol. The van der Waals surface area contributed by atoms with Crippen LogP contribution in [0.2, 0.25) is 0 Å². The number of H-pyrrole nitrogens is 1. The number of para-hydroxylation sites is 1. The Bertz CT molecular complexity index is 1010. The topological polar surface area (TPSA) is 89.1 Å². The number of nitrogens with zero attached hydrogens (tertiary/aromatic N) is 1. The lowest BCUT2D eigenvalue weighted by Gasteiger charge is -2.05. The van der Waals surface area contributed by atoms with E-state index in [1.807, 2.05) is 6.07 Å². The summed E-state index contributed by atoms with van der Waals surface area (Å²) in [5.41, 5.74) is 1.02. The SMILES string of the molecule is CC(=O)c1ccc(OC(=O)CCCc2nc3ccccc3c(=O)[nH]2)cc1. The predicted molar refractivity (Wildman–Crippen MR) is 97.4 cm³/mol. The Balaban J connectivity index is 1.55. The Labute approximate surface area is 149 Å². The average Bonchev–Trinajstić information content (AvgIpc) is 2.62. The van der Waals surface area contributed by atoms with Crippen LogP contribution in [0, 0.1) is 0 Å². The van der Waals surface area contributed by atoms with E-state index in [0.717, 1.165) is 0 Å². The van der Waals surface area contributed by atoms with Gasteiger partial charge in [0.25, 0.3) is 5.56 Å². The molecule has 0 aliphatic heterocycles. The zero-order valence-corrected chi connectivity index (χ0v) is 14.3. The fraction of sp³-hybridized carbons (Fsp3) is 0.200. The molecule has 0 saturated carbocycles. The molecule has 2 aromatic carbocycles. The number of aromatic amines is 1. The van der Waals surface area contributed by atoms with Gasteiger partial charge in [-0.15, -0.1) is 0 Å². The summed E-state index contributed by atoms with van der Waals surface area (Å²) in [7, 11) is 0. The lowest BCUT2D eigenvalue weighted by Crippen LogP contribution is -2.13. The molecular formula is C20H18N2O4. The number of nitrogens with one attached hydrogen (secondary N) is 1. The first kappa shape index (κ1) is 17.5. The van der Waals surface area contributed by atoms with Gasteiger partial charge in [-0.1, -0.05) is 12.1 Å². The van der Waals surface area contributed by atoms with E-state index in [0.29, 0.717) is 40.9 Å². The third-order valence-corrected chi connectivity index (χ3v) is 3.95. The van der Waals surface area contributed by atoms with Gasteiger partial charge in [0.2, 0.25) is 0 Å². The zero-order valence-electron chi connectivity index (χ0n) is 14.3. The number of rotatable bonds is 6. The summed E-state index contributed by atoms with van der Waals surface area (Å²) < 4.78 is 5.24. The number of carbonyl (C=O) groups is 2. The van der Waals surface area contributed by atoms with Crippen molar-refractivity contribution in [2.75, 3.05) is 0 Å². The van der Waals surface area contributed by atoms with Crippen LogP contribution in [0.1, 0.15) is 35.9 Å². The Hall–Kier alpha value is -3.28. The first-order valence-electron chi connectivity index (χ1n) is 8.32. The number of ether oxygens (including phenoxy) is 1. The minimum Gasteiger partial charge on any atom is -0.427 e. The first-order valence-corrected chi connectivity index (χ1v) is 8.32. The molecule has 0 aliphatic rings. The van der Waals surface area contributed by atoms with Gasteiger partial charge >= 0.3 is 5.97 Å². The minimum absolute atomic E-state index is 0.0419. The van der Waals surface area contributed by atoms with Crippen molar-refractivity contribution in [1.29, 1.82) is 0 Å². The van der Waals surface area contributed by atoms with Crippen LogP contribution >= 0.6 is 0 Å². The number of esters is 1. The molecule has 132 valence electrons. The van der Waals surface area contributed by atoms with Gasteiger partial charge in [0.05, 0.1) is 10.9 Å². The van der Waals surface area contributed by atoms with Gasteiger partial charge < -0.3 is 9.72 Å². The highest BCUT2D eigenvalue weighted by Gasteiger charge is 2.08. The van der Waals surface area contributed by atoms with Crippen LogP contribution in [0.4, 0.5) is 0 Å². The summed E-state index contributed by atoms with van der Waals surface area (Å²) in [4.78, 5) is 42.3. The molecule has 26 heavy (non-hydrogen) atoms. The van der Waals surface area contributed by atoms with E-state index < -0.39 is 0 Å². The summed E-state index contributed by atoms with van der Waals surface area (Å²) in [6, 6.07) is 13.6. The van der Waals surface area contributed by atoms with Crippen molar-refractivity contribution in [3.63, 3.8) is 0 Å². The van der Waals surface area contributed by atoms with Crippen LogP contribution in [-0.4, -0.2) is 21.7 Å². The van der Waals surface area contributed by atoms with Crippen LogP contribution in [0.5, 0.6) is 5.75 Å². The van der Waals surface area contributed by atoms with Gasteiger partial charge in [-0.3, -0.25) is 14.4 Å². The summed E-state index contributed by atoms with van der Waals surface area (Å²) in [5, 5.41) is 0.546. The molecule has 0 bridgehead atoms. The molecule has 0 amide bonds. The molecule has 0 aliphatic carbocycles. The number of ketones is 1. The second-order valence-electron chi connectivity index (χ2n) is 5.94. The normalized spacial score (nSPS) is 10.7. The maximum absolute atomic E-state index is 12.0. The van der Waals surface area contributed by atoms with E-state index in [-0.39, 0.29) is 23.7 Å². The van der Waals surface area contributed by atoms with Crippen LogP contribution in [0.3, 0.4) is 0 Å². The van der Waals surface area contributed by atoms with Crippen LogP contribution < -0.4 is 10.3 Å². The Morgan fingerprint density at radius 2 is 1.81 bits per heavy atom. The molecule has 0 unspecified atom stereocenters. The maximum atomic E-state index is 12.0. The van der Waals surface area contributed by atoms with Crippen molar-refractivity contribution in [2.24, 2.45) is 0 Å². The molecule has 0 saturated heterocycles. The number of carbonyl (C=O) groups excluding carboxylic acids is 2. The molecule has 6 heteroatoms. The summed E-state index contributed by atoms with van der Waals surface area (Å²) >= 11 is 0. The van der Waals surface area contributed by atoms with Crippen LogP contribution in [-0.2, 0) is 11.2 Å². The Morgan fingerprint density at radius 3 is 2.54 bits per heavy atom. The largest absolute Gasteiger partial charge is 0.427 e. The van der Waals surface area contributed by atoms with Crippen molar-refractivity contribution in [3.8, 4) is 5.75 Å². The zero-order chi connectivity index (χ0) is 18.5. The molecule has 1 heterocycles. The van der Waals surface area contributed by atoms with Crippen LogP contribution in [0.25, 0.3) is 10.9 Å². The Morgan fingerprint density at radius 1 is 1.08 bits per heavy atom. The summed E-state index contributed by atoms with van der Waals surface area (Å²) in [5.74, 6) is 0.535. The summed E-state index contributed by atoms with van der Waals surface area (Å²) in [6.07, 6.45) is 1.18. The van der Waals surface area contributed by atoms with Crippen molar-refractivity contribution in [3.05, 3.63) is 70.3 Å². The van der Waals surface area contributed by atoms with Crippen molar-refractivity contribution in [1.82, 2.24) is 9.97 Å². The van der Waals surface area contributed by atoms with E-state index in [4.69, 9.17) is 4.74 Å². The third kappa shape index (κ3) is 4.22. The molecule has 3 rings (SSSR count). The lowest BCUT2D eigenvalue weighted by atomic mass is 10.1. The average molecular weight is 350 g/mol. The summed E-state index contributed by atoms with van der Waals surface area (Å²) in [6.45, 7) is 1.48. The highest BCUT2D eigenvalue weighted by Crippen LogP contribution is 2.14. The number of hydrogen-bond donors (Lipinski definition) is 1. The number of benzene rings is 2. The monoisotopic (exact) mass is 350 g/mol. The van der Waals surface area contributed by atoms with Gasteiger partial charge in [-0.05, 0) is 49.7 Å². The number of Topliss-reactive ketones (excluding diaryl/α,β-unsaturated/α-hetero) is 1. The molecule has 3 aromatic rings. The molecule has 0 radical (unpaired) electrons. The molecule has 6 nitrogen and oxygen atoms in total. The second kappa shape index (κ2) is 7.74. The maximum Gasteiger partial charge on any atom is 0.311 e. The van der Waals surface area contributed by atoms with E-state index in [2.05, 4.69) is 9.97 Å². The van der Waals surface area contributed by atoms with Crippen molar-refractivity contribution < 1.29 is 14.3 Å². The van der Waals surface area contributed by atoms with E-state index >= 15 is 0 Å². The van der Waals surface area contributed by atoms with E-state index in [1.165, 1.54) is 6.92 Å². The van der Waals surface area contributed by atoms with Gasteiger partial charge in [-0.25, -0.2) is 4.98 Å². The molecule has 0 spiro atoms. The molecule has 1 N–H and O–H groups in total. The fourth-order valence-corrected chi connectivity index (χ4v) is 2.59. The number of fused-ring (bicyclic) bond motifs is 1. The van der Waals surface area contributed by atoms with Gasteiger partial charge in [0, 0.05) is 18.4 Å². The smallest absolute Gasteiger partial charge is 0.311 e. The number of hydrogen-bond acceptors (Lipinski definition) is 5. The Kier molecular flexibility index (Phi) is 5.22. The van der Waals surface area contributed by atoms with Crippen molar-refractivity contribution in [2.45, 2.75) is 26.2 Å². The highest BCUT2D eigenvalue weighted by molar-refractivity contribution is 5.94.